The Bertz CT molecular complexity index is 1670. The summed E-state index contributed by atoms with van der Waals surface area (Å²) < 4.78 is 35.0. The Balaban J connectivity index is 1.78. The van der Waals surface area contributed by atoms with Crippen LogP contribution >= 0.6 is 23.4 Å². The van der Waals surface area contributed by atoms with Crippen LogP contribution in [0.5, 0.6) is 5.75 Å². The van der Waals surface area contributed by atoms with E-state index in [1.54, 1.807) is 60.7 Å². The third-order valence-corrected chi connectivity index (χ3v) is 9.93. The van der Waals surface area contributed by atoms with Gasteiger partial charge in [-0.25, -0.2) is 8.42 Å². The molecule has 0 saturated carbocycles. The molecule has 0 radical (unpaired) electrons. The predicted molar refractivity (Wildman–Crippen MR) is 180 cm³/mol. The number of thioether (sulfide) groups is 1. The van der Waals surface area contributed by atoms with Crippen molar-refractivity contribution in [1.29, 1.82) is 0 Å². The molecule has 4 rings (SSSR count). The average Bonchev–Trinajstić information content (AvgIpc) is 3.06. The number of carbonyl (C=O) groups is 2. The number of ether oxygens (including phenoxy) is 1. The molecule has 4 aromatic rings. The number of rotatable bonds is 14. The molecule has 0 fully saturated rings. The second-order valence-electron chi connectivity index (χ2n) is 10.1. The molecule has 236 valence electrons. The quantitative estimate of drug-likeness (QED) is 0.165. The van der Waals surface area contributed by atoms with Gasteiger partial charge >= 0.3 is 0 Å². The Morgan fingerprint density at radius 2 is 1.53 bits per heavy atom. The van der Waals surface area contributed by atoms with Crippen LogP contribution in [0.15, 0.2) is 113 Å². The van der Waals surface area contributed by atoms with Gasteiger partial charge in [-0.15, -0.1) is 11.8 Å². The largest absolute Gasteiger partial charge is 0.494 e. The van der Waals surface area contributed by atoms with Crippen molar-refractivity contribution in [2.75, 3.05) is 30.8 Å². The van der Waals surface area contributed by atoms with Crippen LogP contribution in [0.4, 0.5) is 5.69 Å². The minimum absolute atomic E-state index is 0.0402. The number of likely N-dealkylation sites (N-methyl/N-ethyl adjacent to an activating group) is 1. The summed E-state index contributed by atoms with van der Waals surface area (Å²) in [6.45, 7) is 1.82. The molecule has 0 aromatic heterocycles. The monoisotopic (exact) mass is 665 g/mol. The summed E-state index contributed by atoms with van der Waals surface area (Å²) in [6, 6.07) is 28.5. The number of nitrogens with one attached hydrogen (secondary N) is 1. The molecule has 8 nitrogen and oxygen atoms in total. The van der Waals surface area contributed by atoms with E-state index in [0.29, 0.717) is 17.4 Å². The van der Waals surface area contributed by atoms with Gasteiger partial charge in [0, 0.05) is 29.9 Å². The van der Waals surface area contributed by atoms with Gasteiger partial charge in [-0.1, -0.05) is 54.1 Å². The lowest BCUT2D eigenvalue weighted by molar-refractivity contribution is -0.139. The summed E-state index contributed by atoms with van der Waals surface area (Å²) in [6.07, 6.45) is 2.13. The molecular formula is C34H36ClN3O5S2. The summed E-state index contributed by atoms with van der Waals surface area (Å²) in [7, 11) is -2.69. The van der Waals surface area contributed by atoms with Crippen LogP contribution in [0.2, 0.25) is 5.02 Å². The minimum Gasteiger partial charge on any atom is -0.494 e. The molecule has 11 heteroatoms. The number of benzene rings is 4. The number of hydrogen-bond donors (Lipinski definition) is 1. The molecule has 0 spiro atoms. The van der Waals surface area contributed by atoms with E-state index in [2.05, 4.69) is 5.32 Å². The minimum atomic E-state index is -4.20. The highest BCUT2D eigenvalue weighted by Gasteiger charge is 2.34. The van der Waals surface area contributed by atoms with Crippen molar-refractivity contribution in [3.63, 3.8) is 0 Å². The fourth-order valence-electron chi connectivity index (χ4n) is 4.79. The van der Waals surface area contributed by atoms with Gasteiger partial charge in [0.25, 0.3) is 10.0 Å². The Morgan fingerprint density at radius 3 is 2.11 bits per heavy atom. The maximum atomic E-state index is 14.4. The lowest BCUT2D eigenvalue weighted by Crippen LogP contribution is -2.53. The highest BCUT2D eigenvalue weighted by molar-refractivity contribution is 7.98. The van der Waals surface area contributed by atoms with Crippen molar-refractivity contribution >= 4 is 50.9 Å². The van der Waals surface area contributed by atoms with Crippen LogP contribution in [0, 0.1) is 0 Å². The van der Waals surface area contributed by atoms with E-state index in [0.717, 1.165) is 20.3 Å². The summed E-state index contributed by atoms with van der Waals surface area (Å²) in [5.74, 6) is -0.349. The van der Waals surface area contributed by atoms with Crippen molar-refractivity contribution in [1.82, 2.24) is 10.2 Å². The molecule has 4 aromatic carbocycles. The summed E-state index contributed by atoms with van der Waals surface area (Å²) >= 11 is 7.61. The molecule has 2 amide bonds. The Kier molecular flexibility index (Phi) is 11.9. The topological polar surface area (TPSA) is 96.0 Å². The standard InChI is InChI=1S/C34H36ClN3O5S2/c1-4-43-29-16-14-28(15-17-29)38(45(41,42)31-20-18-30(44-3)19-21-31)24-33(39)37(23-26-10-12-27(35)13-11-26)32(34(40)36-2)22-25-8-6-5-7-9-25/h5-21,32H,4,22-24H2,1-3H3,(H,36,40). The molecule has 0 bridgehead atoms. The second-order valence-corrected chi connectivity index (χ2v) is 13.3. The highest BCUT2D eigenvalue weighted by atomic mass is 35.5. The normalized spacial score (nSPS) is 11.8. The summed E-state index contributed by atoms with van der Waals surface area (Å²) in [5, 5.41) is 3.22. The van der Waals surface area contributed by atoms with E-state index in [4.69, 9.17) is 16.3 Å². The first-order chi connectivity index (χ1) is 21.7. The zero-order chi connectivity index (χ0) is 32.4. The fraction of sp³-hybridized carbons (Fsp3) is 0.235. The molecule has 0 aliphatic heterocycles. The molecular weight excluding hydrogens is 630 g/mol. The van der Waals surface area contributed by atoms with E-state index in [1.807, 2.05) is 43.5 Å². The number of carbonyl (C=O) groups excluding carboxylic acids is 2. The molecule has 1 unspecified atom stereocenters. The van der Waals surface area contributed by atoms with Crippen LogP contribution < -0.4 is 14.4 Å². The Labute approximate surface area is 274 Å². The van der Waals surface area contributed by atoms with Crippen LogP contribution in [0.1, 0.15) is 18.1 Å². The van der Waals surface area contributed by atoms with Gasteiger partial charge in [0.15, 0.2) is 0 Å². The van der Waals surface area contributed by atoms with Gasteiger partial charge < -0.3 is 15.0 Å². The van der Waals surface area contributed by atoms with Gasteiger partial charge in [0.2, 0.25) is 11.8 Å². The summed E-state index contributed by atoms with van der Waals surface area (Å²) in [5.41, 5.74) is 1.87. The van der Waals surface area contributed by atoms with E-state index >= 15 is 0 Å². The third-order valence-electron chi connectivity index (χ3n) is 7.15. The van der Waals surface area contributed by atoms with Crippen molar-refractivity contribution in [2.24, 2.45) is 0 Å². The van der Waals surface area contributed by atoms with Crippen LogP contribution in [0.3, 0.4) is 0 Å². The van der Waals surface area contributed by atoms with Gasteiger partial charge in [-0.05, 0) is 85.0 Å². The zero-order valence-electron chi connectivity index (χ0n) is 25.4. The number of halogens is 1. The van der Waals surface area contributed by atoms with E-state index in [9.17, 15) is 18.0 Å². The Hall–Kier alpha value is -3.99. The average molecular weight is 666 g/mol. The zero-order valence-corrected chi connectivity index (χ0v) is 27.7. The van der Waals surface area contributed by atoms with Crippen LogP contribution in [-0.2, 0) is 32.6 Å². The SMILES string of the molecule is CCOc1ccc(N(CC(=O)N(Cc2ccc(Cl)cc2)C(Cc2ccccc2)C(=O)NC)S(=O)(=O)c2ccc(SC)cc2)cc1. The maximum absolute atomic E-state index is 14.4. The number of hydrogen-bond acceptors (Lipinski definition) is 6. The summed E-state index contributed by atoms with van der Waals surface area (Å²) in [4.78, 5) is 30.1. The molecule has 0 saturated heterocycles. The second kappa shape index (κ2) is 15.8. The molecule has 0 aliphatic carbocycles. The number of amides is 2. The maximum Gasteiger partial charge on any atom is 0.264 e. The number of anilines is 1. The molecule has 0 aliphatic rings. The van der Waals surface area contributed by atoms with Gasteiger partial charge in [-0.3, -0.25) is 13.9 Å². The first-order valence-electron chi connectivity index (χ1n) is 14.3. The molecule has 1 atom stereocenters. The van der Waals surface area contributed by atoms with E-state index in [-0.39, 0.29) is 29.5 Å². The lowest BCUT2D eigenvalue weighted by atomic mass is 10.0. The Morgan fingerprint density at radius 1 is 0.889 bits per heavy atom. The van der Waals surface area contributed by atoms with E-state index < -0.39 is 28.5 Å². The van der Waals surface area contributed by atoms with Crippen LogP contribution in [0.25, 0.3) is 0 Å². The fourth-order valence-corrected chi connectivity index (χ4v) is 6.73. The van der Waals surface area contributed by atoms with Gasteiger partial charge in [-0.2, -0.15) is 0 Å². The number of nitrogens with zero attached hydrogens (tertiary/aromatic N) is 2. The lowest BCUT2D eigenvalue weighted by Gasteiger charge is -2.33. The van der Waals surface area contributed by atoms with Crippen LogP contribution in [-0.4, -0.2) is 57.6 Å². The van der Waals surface area contributed by atoms with Crippen molar-refractivity contribution in [3.8, 4) is 5.75 Å². The molecule has 45 heavy (non-hydrogen) atoms. The first-order valence-corrected chi connectivity index (χ1v) is 17.4. The highest BCUT2D eigenvalue weighted by Crippen LogP contribution is 2.28. The van der Waals surface area contributed by atoms with Gasteiger partial charge in [0.05, 0.1) is 17.2 Å². The van der Waals surface area contributed by atoms with E-state index in [1.165, 1.54) is 35.8 Å². The smallest absolute Gasteiger partial charge is 0.264 e. The number of sulfonamides is 1. The molecule has 0 heterocycles. The molecule has 1 N–H and O–H groups in total. The van der Waals surface area contributed by atoms with Crippen molar-refractivity contribution in [2.45, 2.75) is 35.7 Å². The van der Waals surface area contributed by atoms with Gasteiger partial charge in [0.1, 0.15) is 18.3 Å². The van der Waals surface area contributed by atoms with Crippen molar-refractivity contribution < 1.29 is 22.7 Å². The first kappa shape index (κ1) is 33.9. The van der Waals surface area contributed by atoms with Crippen molar-refractivity contribution in [3.05, 3.63) is 119 Å². The predicted octanol–water partition coefficient (Wildman–Crippen LogP) is 6.04. The third kappa shape index (κ3) is 8.81.